The van der Waals surface area contributed by atoms with Crippen molar-refractivity contribution in [3.8, 4) is 5.75 Å². The third-order valence-electron chi connectivity index (χ3n) is 4.91. The van der Waals surface area contributed by atoms with E-state index >= 15 is 0 Å². The summed E-state index contributed by atoms with van der Waals surface area (Å²) in [6.45, 7) is 3.80. The Morgan fingerprint density at radius 3 is 2.61 bits per heavy atom. The number of nitro benzene ring substituents is 1. The molecule has 0 spiro atoms. The maximum absolute atomic E-state index is 12.8. The maximum atomic E-state index is 12.8. The zero-order valence-electron chi connectivity index (χ0n) is 19.4. The predicted molar refractivity (Wildman–Crippen MR) is 137 cm³/mol. The number of halogens is 2. The van der Waals surface area contributed by atoms with Crippen LogP contribution in [0.2, 0.25) is 10.0 Å². The van der Waals surface area contributed by atoms with Gasteiger partial charge in [0, 0.05) is 5.02 Å². The number of carbonyl (C=O) groups is 2. The minimum absolute atomic E-state index is 0.0468. The number of H-pyrrole nitrogens is 1. The number of thioether (sulfide) groups is 1. The van der Waals surface area contributed by atoms with Crippen LogP contribution in [0.4, 0.5) is 11.4 Å². The van der Waals surface area contributed by atoms with Crippen molar-refractivity contribution in [2.75, 3.05) is 18.2 Å². The summed E-state index contributed by atoms with van der Waals surface area (Å²) < 4.78 is 4.99. The van der Waals surface area contributed by atoms with Gasteiger partial charge in [0.2, 0.25) is 11.1 Å². The van der Waals surface area contributed by atoms with Gasteiger partial charge in [0.15, 0.2) is 0 Å². The molecule has 3 rings (SSSR count). The van der Waals surface area contributed by atoms with E-state index in [1.165, 1.54) is 37.4 Å². The lowest BCUT2D eigenvalue weighted by atomic mass is 10.0. The summed E-state index contributed by atoms with van der Waals surface area (Å²) in [5, 5.41) is 24.5. The first-order chi connectivity index (χ1) is 17.1. The number of amides is 2. The van der Waals surface area contributed by atoms with Crippen molar-refractivity contribution in [1.29, 1.82) is 0 Å². The second kappa shape index (κ2) is 12.1. The van der Waals surface area contributed by atoms with Crippen LogP contribution in [0.5, 0.6) is 5.75 Å². The number of rotatable bonds is 10. The van der Waals surface area contributed by atoms with E-state index in [2.05, 4.69) is 25.8 Å². The monoisotopic (exact) mass is 552 g/mol. The number of nitro groups is 1. The van der Waals surface area contributed by atoms with E-state index in [9.17, 15) is 19.7 Å². The van der Waals surface area contributed by atoms with Gasteiger partial charge in [-0.05, 0) is 36.2 Å². The molecule has 190 valence electrons. The summed E-state index contributed by atoms with van der Waals surface area (Å²) in [6.07, 6.45) is 0. The van der Waals surface area contributed by atoms with E-state index in [0.717, 1.165) is 11.8 Å². The average molecular weight is 553 g/mol. The molecule has 0 aliphatic rings. The minimum atomic E-state index is -0.607. The number of nitrogens with one attached hydrogen (secondary N) is 3. The molecule has 1 atom stereocenters. The number of methoxy groups -OCH3 is 1. The van der Waals surface area contributed by atoms with Crippen LogP contribution in [0, 0.1) is 16.0 Å². The Morgan fingerprint density at radius 2 is 1.97 bits per heavy atom. The second-order valence-corrected chi connectivity index (χ2v) is 9.59. The predicted octanol–water partition coefficient (Wildman–Crippen LogP) is 4.89. The van der Waals surface area contributed by atoms with E-state index in [-0.39, 0.29) is 38.8 Å². The van der Waals surface area contributed by atoms with E-state index in [1.54, 1.807) is 6.07 Å². The highest BCUT2D eigenvalue weighted by Gasteiger charge is 2.24. The molecule has 14 heteroatoms. The number of carbonyl (C=O) groups excluding carboxylic acids is 2. The summed E-state index contributed by atoms with van der Waals surface area (Å²) in [7, 11) is 1.39. The molecular formula is C22H22Cl2N6O5S. The third-order valence-corrected chi connectivity index (χ3v) is 6.31. The highest BCUT2D eigenvalue weighted by Crippen LogP contribution is 2.29. The van der Waals surface area contributed by atoms with Gasteiger partial charge in [-0.2, -0.15) is 0 Å². The van der Waals surface area contributed by atoms with E-state index in [4.69, 9.17) is 27.9 Å². The van der Waals surface area contributed by atoms with Crippen molar-refractivity contribution in [2.24, 2.45) is 5.92 Å². The van der Waals surface area contributed by atoms with Gasteiger partial charge in [0.25, 0.3) is 11.6 Å². The lowest BCUT2D eigenvalue weighted by Crippen LogP contribution is -2.32. The first-order valence-electron chi connectivity index (χ1n) is 10.5. The Labute approximate surface area is 220 Å². The Balaban J connectivity index is 1.64. The number of benzene rings is 2. The molecule has 3 aromatic rings. The number of nitrogens with zero attached hydrogens (tertiary/aromatic N) is 3. The number of hydrogen-bond donors (Lipinski definition) is 3. The van der Waals surface area contributed by atoms with Crippen molar-refractivity contribution in [1.82, 2.24) is 20.5 Å². The minimum Gasteiger partial charge on any atom is -0.496 e. The van der Waals surface area contributed by atoms with Crippen LogP contribution in [-0.4, -0.2) is 44.8 Å². The summed E-state index contributed by atoms with van der Waals surface area (Å²) >= 11 is 13.1. The molecule has 0 radical (unpaired) electrons. The van der Waals surface area contributed by atoms with Crippen LogP contribution in [0.1, 0.15) is 36.1 Å². The van der Waals surface area contributed by atoms with Gasteiger partial charge in [0.1, 0.15) is 17.3 Å². The quantitative estimate of drug-likeness (QED) is 0.182. The van der Waals surface area contributed by atoms with Crippen LogP contribution in [-0.2, 0) is 4.79 Å². The molecule has 11 nitrogen and oxygen atoms in total. The molecule has 3 N–H and O–H groups in total. The first kappa shape index (κ1) is 27.2. The molecule has 0 aliphatic carbocycles. The molecule has 2 amide bonds. The highest BCUT2D eigenvalue weighted by atomic mass is 35.5. The summed E-state index contributed by atoms with van der Waals surface area (Å²) in [5.74, 6) is -0.332. The number of anilines is 1. The summed E-state index contributed by atoms with van der Waals surface area (Å²) in [4.78, 5) is 40.2. The molecule has 1 heterocycles. The smallest absolute Gasteiger partial charge is 0.296 e. The normalized spacial score (nSPS) is 11.7. The maximum Gasteiger partial charge on any atom is 0.296 e. The fourth-order valence-electron chi connectivity index (χ4n) is 3.12. The van der Waals surface area contributed by atoms with E-state index in [0.29, 0.717) is 16.6 Å². The Hall–Kier alpha value is -3.35. The van der Waals surface area contributed by atoms with Gasteiger partial charge in [0.05, 0.1) is 40.5 Å². The lowest BCUT2D eigenvalue weighted by molar-refractivity contribution is -0.384. The van der Waals surface area contributed by atoms with Gasteiger partial charge in [-0.3, -0.25) is 24.8 Å². The second-order valence-electron chi connectivity index (χ2n) is 7.80. The van der Waals surface area contributed by atoms with Crippen LogP contribution < -0.4 is 15.4 Å². The summed E-state index contributed by atoms with van der Waals surface area (Å²) in [5.41, 5.74) is 0.0276. The van der Waals surface area contributed by atoms with Gasteiger partial charge in [-0.1, -0.05) is 48.8 Å². The first-order valence-corrected chi connectivity index (χ1v) is 12.3. The van der Waals surface area contributed by atoms with Crippen molar-refractivity contribution in [3.05, 3.63) is 67.9 Å². The Kier molecular flexibility index (Phi) is 9.13. The molecule has 36 heavy (non-hydrogen) atoms. The van der Waals surface area contributed by atoms with Gasteiger partial charge < -0.3 is 15.4 Å². The molecule has 2 aromatic carbocycles. The molecule has 0 unspecified atom stereocenters. The molecule has 0 aliphatic heterocycles. The van der Waals surface area contributed by atoms with Gasteiger partial charge in [-0.25, -0.2) is 4.98 Å². The van der Waals surface area contributed by atoms with Crippen molar-refractivity contribution in [3.63, 3.8) is 0 Å². The van der Waals surface area contributed by atoms with Gasteiger partial charge in [-0.15, -0.1) is 5.10 Å². The van der Waals surface area contributed by atoms with Crippen LogP contribution >= 0.6 is 35.0 Å². The standard InChI is InChI=1S/C22H22Cl2N6O5S/c1-11(2)19(26-21(32)14-6-4-12(23)8-15(14)24)20-27-22(29-28-20)36-10-18(31)25-16-7-5-13(35-3)9-17(16)30(33)34/h4-9,11,19H,10H2,1-3H3,(H,25,31)(H,26,32)(H,27,28,29)/t19-/m0/s1. The number of hydrogen-bond acceptors (Lipinski definition) is 8. The number of ether oxygens (including phenoxy) is 1. The third kappa shape index (κ3) is 6.86. The van der Waals surface area contributed by atoms with Crippen LogP contribution in [0.15, 0.2) is 41.6 Å². The fraction of sp³-hybridized carbons (Fsp3) is 0.273. The number of aromatic amines is 1. The molecule has 1 aromatic heterocycles. The molecule has 0 fully saturated rings. The lowest BCUT2D eigenvalue weighted by Gasteiger charge is -2.20. The molecular weight excluding hydrogens is 531 g/mol. The molecule has 0 bridgehead atoms. The van der Waals surface area contributed by atoms with Crippen LogP contribution in [0.25, 0.3) is 0 Å². The number of aromatic nitrogens is 3. The van der Waals surface area contributed by atoms with E-state index in [1.807, 2.05) is 13.8 Å². The largest absolute Gasteiger partial charge is 0.496 e. The zero-order valence-corrected chi connectivity index (χ0v) is 21.7. The van der Waals surface area contributed by atoms with Crippen molar-refractivity contribution in [2.45, 2.75) is 25.0 Å². The topological polar surface area (TPSA) is 152 Å². The highest BCUT2D eigenvalue weighted by molar-refractivity contribution is 7.99. The fourth-order valence-corrected chi connectivity index (χ4v) is 4.22. The molecule has 0 saturated carbocycles. The van der Waals surface area contributed by atoms with Crippen molar-refractivity contribution < 1.29 is 19.2 Å². The SMILES string of the molecule is COc1ccc(NC(=O)CSc2n[nH]c([C@@H](NC(=O)c3ccc(Cl)cc3Cl)C(C)C)n2)c([N+](=O)[O-])c1. The Morgan fingerprint density at radius 1 is 1.22 bits per heavy atom. The molecule has 0 saturated heterocycles. The van der Waals surface area contributed by atoms with Gasteiger partial charge >= 0.3 is 0 Å². The van der Waals surface area contributed by atoms with Crippen molar-refractivity contribution >= 4 is 58.2 Å². The zero-order chi connectivity index (χ0) is 26.4. The average Bonchev–Trinajstić information content (AvgIpc) is 3.29. The Bertz CT molecular complexity index is 1290. The van der Waals surface area contributed by atoms with Crippen LogP contribution in [0.3, 0.4) is 0 Å². The van der Waals surface area contributed by atoms with E-state index < -0.39 is 22.8 Å². The summed E-state index contributed by atoms with van der Waals surface area (Å²) in [6, 6.07) is 8.20.